The van der Waals surface area contributed by atoms with Crippen molar-refractivity contribution in [1.82, 2.24) is 15.0 Å². The molecule has 0 radical (unpaired) electrons. The van der Waals surface area contributed by atoms with Crippen LogP contribution in [0, 0.1) is 11.8 Å². The van der Waals surface area contributed by atoms with E-state index in [9.17, 15) is 0 Å². The van der Waals surface area contributed by atoms with E-state index in [1.54, 1.807) is 7.05 Å². The monoisotopic (exact) mass is 253 g/mol. The Morgan fingerprint density at radius 1 is 1.11 bits per heavy atom. The second-order valence-electron chi connectivity index (χ2n) is 4.55. The summed E-state index contributed by atoms with van der Waals surface area (Å²) in [7, 11) is 1.77. The summed E-state index contributed by atoms with van der Waals surface area (Å²) in [4.78, 5) is 12.6. The van der Waals surface area contributed by atoms with Crippen molar-refractivity contribution in [3.8, 4) is 6.01 Å². The first-order valence-electron chi connectivity index (χ1n) is 6.37. The van der Waals surface area contributed by atoms with Crippen molar-refractivity contribution in [3.63, 3.8) is 0 Å². The van der Waals surface area contributed by atoms with Gasteiger partial charge in [-0.15, -0.1) is 0 Å². The molecule has 102 valence electrons. The number of anilines is 2. The van der Waals surface area contributed by atoms with Crippen molar-refractivity contribution in [2.75, 3.05) is 30.8 Å². The predicted molar refractivity (Wildman–Crippen MR) is 73.0 cm³/mol. The van der Waals surface area contributed by atoms with E-state index in [0.717, 1.165) is 6.54 Å². The van der Waals surface area contributed by atoms with Gasteiger partial charge >= 0.3 is 6.01 Å². The number of hydrogen-bond donors (Lipinski definition) is 2. The lowest BCUT2D eigenvalue weighted by Crippen LogP contribution is -2.18. The molecule has 0 aliphatic rings. The van der Waals surface area contributed by atoms with Gasteiger partial charge in [0.15, 0.2) is 0 Å². The van der Waals surface area contributed by atoms with Crippen LogP contribution in [0.1, 0.15) is 27.7 Å². The summed E-state index contributed by atoms with van der Waals surface area (Å²) < 4.78 is 5.30. The van der Waals surface area contributed by atoms with Gasteiger partial charge in [0, 0.05) is 13.6 Å². The Labute approximate surface area is 109 Å². The topological polar surface area (TPSA) is 72.0 Å². The standard InChI is InChI=1S/C12H23N5O/c1-6-18-12-16-10(13-5)15-11(17-12)14-7-9(4)8(2)3/h8-9H,6-7H2,1-5H3,(H2,13,14,15,16,17). The smallest absolute Gasteiger partial charge is 0.323 e. The fourth-order valence-corrected chi connectivity index (χ4v) is 1.23. The summed E-state index contributed by atoms with van der Waals surface area (Å²) in [6.45, 7) is 9.86. The minimum atomic E-state index is 0.344. The third-order valence-corrected chi connectivity index (χ3v) is 2.83. The molecular weight excluding hydrogens is 230 g/mol. The predicted octanol–water partition coefficient (Wildman–Crippen LogP) is 2.02. The van der Waals surface area contributed by atoms with E-state index in [-0.39, 0.29) is 0 Å². The van der Waals surface area contributed by atoms with Crippen molar-refractivity contribution in [1.29, 1.82) is 0 Å². The van der Waals surface area contributed by atoms with Gasteiger partial charge in [-0.25, -0.2) is 0 Å². The zero-order chi connectivity index (χ0) is 13.5. The van der Waals surface area contributed by atoms with Crippen molar-refractivity contribution < 1.29 is 4.74 Å². The third kappa shape index (κ3) is 4.35. The molecule has 0 aliphatic carbocycles. The van der Waals surface area contributed by atoms with Crippen molar-refractivity contribution >= 4 is 11.9 Å². The minimum Gasteiger partial charge on any atom is -0.464 e. The first kappa shape index (κ1) is 14.5. The highest BCUT2D eigenvalue weighted by Gasteiger charge is 2.10. The Hall–Kier alpha value is -1.59. The normalized spacial score (nSPS) is 12.3. The van der Waals surface area contributed by atoms with Gasteiger partial charge < -0.3 is 15.4 Å². The van der Waals surface area contributed by atoms with Crippen LogP contribution in [0.5, 0.6) is 6.01 Å². The number of nitrogens with zero attached hydrogens (tertiary/aromatic N) is 3. The summed E-state index contributed by atoms with van der Waals surface area (Å²) >= 11 is 0. The number of rotatable bonds is 7. The van der Waals surface area contributed by atoms with Crippen molar-refractivity contribution in [3.05, 3.63) is 0 Å². The highest BCUT2D eigenvalue weighted by atomic mass is 16.5. The molecule has 1 atom stereocenters. The number of nitrogens with one attached hydrogen (secondary N) is 2. The van der Waals surface area contributed by atoms with Crippen LogP contribution in [-0.2, 0) is 0 Å². The molecule has 6 nitrogen and oxygen atoms in total. The minimum absolute atomic E-state index is 0.344. The molecule has 1 aromatic heterocycles. The van der Waals surface area contributed by atoms with Gasteiger partial charge in [0.2, 0.25) is 11.9 Å². The van der Waals surface area contributed by atoms with Gasteiger partial charge in [-0.3, -0.25) is 0 Å². The van der Waals surface area contributed by atoms with Crippen LogP contribution >= 0.6 is 0 Å². The fourth-order valence-electron chi connectivity index (χ4n) is 1.23. The van der Waals surface area contributed by atoms with E-state index >= 15 is 0 Å². The second kappa shape index (κ2) is 6.98. The molecular formula is C12H23N5O. The third-order valence-electron chi connectivity index (χ3n) is 2.83. The van der Waals surface area contributed by atoms with Crippen LogP contribution in [0.15, 0.2) is 0 Å². The van der Waals surface area contributed by atoms with E-state index in [1.165, 1.54) is 0 Å². The lowest BCUT2D eigenvalue weighted by atomic mass is 9.98. The van der Waals surface area contributed by atoms with Crippen molar-refractivity contribution in [2.45, 2.75) is 27.7 Å². The molecule has 1 unspecified atom stereocenters. The maximum absolute atomic E-state index is 5.30. The zero-order valence-corrected chi connectivity index (χ0v) is 11.8. The van der Waals surface area contributed by atoms with Gasteiger partial charge in [-0.1, -0.05) is 20.8 Å². The SMILES string of the molecule is CCOc1nc(NC)nc(NCC(C)C(C)C)n1. The number of ether oxygens (including phenoxy) is 1. The van der Waals surface area contributed by atoms with Crippen molar-refractivity contribution in [2.24, 2.45) is 11.8 Å². The highest BCUT2D eigenvalue weighted by molar-refractivity contribution is 5.35. The van der Waals surface area contributed by atoms with E-state index in [0.29, 0.717) is 36.3 Å². The molecule has 18 heavy (non-hydrogen) atoms. The maximum Gasteiger partial charge on any atom is 0.323 e. The fraction of sp³-hybridized carbons (Fsp3) is 0.750. The Kier molecular flexibility index (Phi) is 5.61. The summed E-state index contributed by atoms with van der Waals surface area (Å²) in [5.41, 5.74) is 0. The molecule has 2 N–H and O–H groups in total. The zero-order valence-electron chi connectivity index (χ0n) is 11.8. The van der Waals surface area contributed by atoms with E-state index in [1.807, 2.05) is 6.92 Å². The largest absolute Gasteiger partial charge is 0.464 e. The van der Waals surface area contributed by atoms with Gasteiger partial charge in [-0.2, -0.15) is 15.0 Å². The van der Waals surface area contributed by atoms with Gasteiger partial charge in [0.05, 0.1) is 6.61 Å². The van der Waals surface area contributed by atoms with Crippen LogP contribution in [0.3, 0.4) is 0 Å². The molecule has 0 spiro atoms. The Balaban J connectivity index is 2.71. The number of hydrogen-bond acceptors (Lipinski definition) is 6. The summed E-state index contributed by atoms with van der Waals surface area (Å²) in [6, 6.07) is 0.344. The molecule has 0 bridgehead atoms. The molecule has 0 amide bonds. The average Bonchev–Trinajstić information content (AvgIpc) is 2.35. The quantitative estimate of drug-likeness (QED) is 0.774. The molecule has 6 heteroatoms. The van der Waals surface area contributed by atoms with Gasteiger partial charge in [0.1, 0.15) is 0 Å². The molecule has 0 aliphatic heterocycles. The molecule has 1 heterocycles. The molecule has 0 saturated heterocycles. The first-order chi connectivity index (χ1) is 8.56. The van der Waals surface area contributed by atoms with E-state index in [4.69, 9.17) is 4.74 Å². The summed E-state index contributed by atoms with van der Waals surface area (Å²) in [6.07, 6.45) is 0. The van der Waals surface area contributed by atoms with Crippen LogP contribution < -0.4 is 15.4 Å². The van der Waals surface area contributed by atoms with Crippen LogP contribution in [0.4, 0.5) is 11.9 Å². The lowest BCUT2D eigenvalue weighted by Gasteiger charge is -2.16. The molecule has 0 aromatic carbocycles. The van der Waals surface area contributed by atoms with E-state index < -0.39 is 0 Å². The van der Waals surface area contributed by atoms with Gasteiger partial charge in [0.25, 0.3) is 0 Å². The Morgan fingerprint density at radius 2 is 1.78 bits per heavy atom. The first-order valence-corrected chi connectivity index (χ1v) is 6.37. The van der Waals surface area contributed by atoms with Crippen LogP contribution in [0.25, 0.3) is 0 Å². The summed E-state index contributed by atoms with van der Waals surface area (Å²) in [5, 5.41) is 6.11. The van der Waals surface area contributed by atoms with Gasteiger partial charge in [-0.05, 0) is 18.8 Å². The van der Waals surface area contributed by atoms with E-state index in [2.05, 4.69) is 46.4 Å². The Morgan fingerprint density at radius 3 is 2.33 bits per heavy atom. The molecule has 1 rings (SSSR count). The number of aromatic nitrogens is 3. The van der Waals surface area contributed by atoms with Crippen LogP contribution in [-0.4, -0.2) is 35.2 Å². The lowest BCUT2D eigenvalue weighted by molar-refractivity contribution is 0.312. The average molecular weight is 253 g/mol. The molecule has 0 fully saturated rings. The summed E-state index contributed by atoms with van der Waals surface area (Å²) in [5.74, 6) is 2.23. The Bertz CT molecular complexity index is 369. The maximum atomic E-state index is 5.30. The molecule has 0 saturated carbocycles. The second-order valence-corrected chi connectivity index (χ2v) is 4.55. The molecule has 1 aromatic rings. The van der Waals surface area contributed by atoms with Crippen LogP contribution in [0.2, 0.25) is 0 Å². The highest BCUT2D eigenvalue weighted by Crippen LogP contribution is 2.13.